The van der Waals surface area contributed by atoms with Crippen LogP contribution < -0.4 is 19.6 Å². The van der Waals surface area contributed by atoms with Gasteiger partial charge >= 0.3 is 0 Å². The molecule has 9 heteroatoms. The summed E-state index contributed by atoms with van der Waals surface area (Å²) in [5.74, 6) is 0.600. The Morgan fingerprint density at radius 3 is 2.47 bits per heavy atom. The Morgan fingerprint density at radius 2 is 1.79 bits per heavy atom. The first-order chi connectivity index (χ1) is 16.4. The maximum atomic E-state index is 12.3. The van der Waals surface area contributed by atoms with Crippen molar-refractivity contribution < 1.29 is 23.9 Å². The lowest BCUT2D eigenvalue weighted by Crippen LogP contribution is -2.33. The van der Waals surface area contributed by atoms with E-state index in [0.717, 1.165) is 11.1 Å². The molecule has 0 aliphatic rings. The molecular weight excluding hydrogens is 438 g/mol. The summed E-state index contributed by atoms with van der Waals surface area (Å²) in [4.78, 5) is 23.4. The second-order valence-corrected chi connectivity index (χ2v) is 7.35. The van der Waals surface area contributed by atoms with E-state index in [0.29, 0.717) is 11.5 Å². The lowest BCUT2D eigenvalue weighted by molar-refractivity contribution is -0.385. The Morgan fingerprint density at radius 1 is 1.09 bits per heavy atom. The molecule has 34 heavy (non-hydrogen) atoms. The number of benzene rings is 3. The molecule has 0 aliphatic carbocycles. The first kappa shape index (κ1) is 24.2. The average Bonchev–Trinajstić information content (AvgIpc) is 2.84. The SMILES string of the molecule is COc1cc(/C=N\NC(=O)C(C)Oc2ccccc2C)c([N+](=O)[O-])cc1OCc1ccccc1. The molecule has 0 spiro atoms. The van der Waals surface area contributed by atoms with E-state index in [1.807, 2.05) is 55.5 Å². The number of methoxy groups -OCH3 is 1. The van der Waals surface area contributed by atoms with Crippen LogP contribution in [0.25, 0.3) is 0 Å². The van der Waals surface area contributed by atoms with Crippen LogP contribution in [0.4, 0.5) is 5.69 Å². The van der Waals surface area contributed by atoms with Crippen molar-refractivity contribution in [3.63, 3.8) is 0 Å². The average molecular weight is 463 g/mol. The Kier molecular flexibility index (Phi) is 8.17. The number of nitro groups is 1. The maximum absolute atomic E-state index is 12.3. The fourth-order valence-electron chi connectivity index (χ4n) is 3.02. The number of hydrogen-bond acceptors (Lipinski definition) is 7. The van der Waals surface area contributed by atoms with Crippen molar-refractivity contribution in [1.29, 1.82) is 0 Å². The van der Waals surface area contributed by atoms with Gasteiger partial charge in [0.25, 0.3) is 11.6 Å². The third kappa shape index (κ3) is 6.32. The monoisotopic (exact) mass is 463 g/mol. The Labute approximate surface area is 197 Å². The molecule has 1 unspecified atom stereocenters. The zero-order valence-corrected chi connectivity index (χ0v) is 19.1. The van der Waals surface area contributed by atoms with Gasteiger partial charge in [-0.05, 0) is 37.1 Å². The van der Waals surface area contributed by atoms with E-state index in [9.17, 15) is 14.9 Å². The number of aryl methyl sites for hydroxylation is 1. The van der Waals surface area contributed by atoms with Gasteiger partial charge in [-0.3, -0.25) is 14.9 Å². The normalized spacial score (nSPS) is 11.6. The van der Waals surface area contributed by atoms with Crippen LogP contribution in [0.3, 0.4) is 0 Å². The fraction of sp³-hybridized carbons (Fsp3) is 0.200. The molecule has 9 nitrogen and oxygen atoms in total. The minimum atomic E-state index is -0.823. The fourth-order valence-corrected chi connectivity index (χ4v) is 3.02. The van der Waals surface area contributed by atoms with E-state index < -0.39 is 16.9 Å². The van der Waals surface area contributed by atoms with Crippen LogP contribution in [0.1, 0.15) is 23.6 Å². The highest BCUT2D eigenvalue weighted by atomic mass is 16.6. The minimum absolute atomic E-state index is 0.140. The van der Waals surface area contributed by atoms with Gasteiger partial charge in [0.05, 0.1) is 29.9 Å². The van der Waals surface area contributed by atoms with Crippen molar-refractivity contribution in [1.82, 2.24) is 5.43 Å². The molecule has 1 amide bonds. The van der Waals surface area contributed by atoms with Gasteiger partial charge in [0.1, 0.15) is 12.4 Å². The van der Waals surface area contributed by atoms with Gasteiger partial charge in [0.2, 0.25) is 0 Å². The number of para-hydroxylation sites is 1. The maximum Gasteiger partial charge on any atom is 0.282 e. The molecule has 3 rings (SSSR count). The zero-order chi connectivity index (χ0) is 24.5. The number of hydrogen-bond donors (Lipinski definition) is 1. The molecule has 0 radical (unpaired) electrons. The molecule has 0 heterocycles. The smallest absolute Gasteiger partial charge is 0.282 e. The van der Waals surface area contributed by atoms with E-state index in [1.165, 1.54) is 25.5 Å². The van der Waals surface area contributed by atoms with Crippen LogP contribution in [-0.4, -0.2) is 30.3 Å². The van der Waals surface area contributed by atoms with Gasteiger partial charge in [0.15, 0.2) is 17.6 Å². The van der Waals surface area contributed by atoms with Gasteiger partial charge in [-0.15, -0.1) is 0 Å². The molecule has 0 saturated heterocycles. The summed E-state index contributed by atoms with van der Waals surface area (Å²) in [6.07, 6.45) is 0.358. The van der Waals surface area contributed by atoms with Crippen LogP contribution in [0.15, 0.2) is 71.8 Å². The zero-order valence-electron chi connectivity index (χ0n) is 19.1. The Balaban J connectivity index is 1.71. The first-order valence-electron chi connectivity index (χ1n) is 10.5. The number of carbonyl (C=O) groups excluding carboxylic acids is 1. The lowest BCUT2D eigenvalue weighted by Gasteiger charge is -2.14. The number of rotatable bonds is 10. The summed E-state index contributed by atoms with van der Waals surface area (Å²) in [5, 5.41) is 15.5. The molecule has 0 saturated carbocycles. The number of hydrazone groups is 1. The second kappa shape index (κ2) is 11.5. The summed E-state index contributed by atoms with van der Waals surface area (Å²) in [5.41, 5.74) is 4.04. The summed E-state index contributed by atoms with van der Waals surface area (Å²) >= 11 is 0. The summed E-state index contributed by atoms with van der Waals surface area (Å²) in [6, 6.07) is 19.4. The summed E-state index contributed by atoms with van der Waals surface area (Å²) < 4.78 is 16.7. The van der Waals surface area contributed by atoms with E-state index in [4.69, 9.17) is 14.2 Å². The number of amides is 1. The third-order valence-corrected chi connectivity index (χ3v) is 4.89. The number of ether oxygens (including phenoxy) is 3. The number of nitrogens with zero attached hydrogens (tertiary/aromatic N) is 2. The third-order valence-electron chi connectivity index (χ3n) is 4.89. The second-order valence-electron chi connectivity index (χ2n) is 7.35. The van der Waals surface area contributed by atoms with Gasteiger partial charge in [0, 0.05) is 0 Å². The Hall–Kier alpha value is -4.40. The molecule has 0 bridgehead atoms. The van der Waals surface area contributed by atoms with Crippen LogP contribution in [-0.2, 0) is 11.4 Å². The molecule has 0 aliphatic heterocycles. The van der Waals surface area contributed by atoms with Crippen molar-refractivity contribution in [2.45, 2.75) is 26.6 Å². The van der Waals surface area contributed by atoms with Gasteiger partial charge in [-0.2, -0.15) is 5.10 Å². The highest BCUT2D eigenvalue weighted by Gasteiger charge is 2.20. The molecular formula is C25H25N3O6. The molecule has 0 fully saturated rings. The minimum Gasteiger partial charge on any atom is -0.493 e. The predicted octanol–water partition coefficient (Wildman–Crippen LogP) is 4.41. The molecule has 1 atom stereocenters. The van der Waals surface area contributed by atoms with Crippen LogP contribution >= 0.6 is 0 Å². The highest BCUT2D eigenvalue weighted by molar-refractivity contribution is 5.88. The van der Waals surface area contributed by atoms with Gasteiger partial charge < -0.3 is 14.2 Å². The lowest BCUT2D eigenvalue weighted by atomic mass is 10.1. The first-order valence-corrected chi connectivity index (χ1v) is 10.5. The number of nitro benzene ring substituents is 1. The van der Waals surface area contributed by atoms with Crippen LogP contribution in [0, 0.1) is 17.0 Å². The standard InChI is InChI=1S/C25H25N3O6/c1-17-9-7-8-12-22(17)34-18(2)25(29)27-26-15-20-13-23(32-3)24(14-21(20)28(30)31)33-16-19-10-5-4-6-11-19/h4-15,18H,16H2,1-3H3,(H,27,29)/b26-15-. The largest absolute Gasteiger partial charge is 0.493 e. The molecule has 1 N–H and O–H groups in total. The summed E-state index contributed by atoms with van der Waals surface area (Å²) in [6.45, 7) is 3.68. The molecule has 3 aromatic rings. The van der Waals surface area contributed by atoms with Crippen LogP contribution in [0.5, 0.6) is 17.2 Å². The van der Waals surface area contributed by atoms with Crippen molar-refractivity contribution in [3.05, 3.63) is 93.5 Å². The van der Waals surface area contributed by atoms with Crippen molar-refractivity contribution >= 4 is 17.8 Å². The van der Waals surface area contributed by atoms with Crippen molar-refractivity contribution in [2.24, 2.45) is 5.10 Å². The van der Waals surface area contributed by atoms with Crippen molar-refractivity contribution in [3.8, 4) is 17.2 Å². The molecule has 176 valence electrons. The van der Waals surface area contributed by atoms with E-state index in [2.05, 4.69) is 10.5 Å². The predicted molar refractivity (Wildman–Crippen MR) is 127 cm³/mol. The number of carbonyl (C=O) groups is 1. The van der Waals surface area contributed by atoms with Crippen LogP contribution in [0.2, 0.25) is 0 Å². The molecule has 0 aromatic heterocycles. The number of nitrogens with one attached hydrogen (secondary N) is 1. The van der Waals surface area contributed by atoms with E-state index >= 15 is 0 Å². The molecule has 3 aromatic carbocycles. The van der Waals surface area contributed by atoms with E-state index in [1.54, 1.807) is 13.0 Å². The van der Waals surface area contributed by atoms with Gasteiger partial charge in [-0.25, -0.2) is 5.43 Å². The van der Waals surface area contributed by atoms with Crippen molar-refractivity contribution in [2.75, 3.05) is 7.11 Å². The summed E-state index contributed by atoms with van der Waals surface area (Å²) in [7, 11) is 1.43. The highest BCUT2D eigenvalue weighted by Crippen LogP contribution is 2.34. The van der Waals surface area contributed by atoms with Gasteiger partial charge in [-0.1, -0.05) is 48.5 Å². The topological polar surface area (TPSA) is 112 Å². The Bertz CT molecular complexity index is 1180. The van der Waals surface area contributed by atoms with E-state index in [-0.39, 0.29) is 23.6 Å². The quantitative estimate of drug-likeness (QED) is 0.271.